The van der Waals surface area contributed by atoms with E-state index in [1.54, 1.807) is 64.1 Å². The standard InChI is InChI=1S/C26H24F3N5O2S/c1-16-13-23(21-12-11-18(15-30-21)26(27,28)29)33-24(31-16)22-10-6-9-20(32-22)17-7-5-8-19(14-17)37(35,36)34-25(2,3)4/h5-15,34H,1-4H3. The molecule has 4 rings (SSSR count). The number of aryl methyl sites for hydroxylation is 1. The zero-order chi connectivity index (χ0) is 27.0. The van der Waals surface area contributed by atoms with Crippen LogP contribution in [0.2, 0.25) is 0 Å². The lowest BCUT2D eigenvalue weighted by atomic mass is 10.1. The zero-order valence-electron chi connectivity index (χ0n) is 20.5. The van der Waals surface area contributed by atoms with E-state index in [9.17, 15) is 21.6 Å². The van der Waals surface area contributed by atoms with Gasteiger partial charge in [-0.25, -0.2) is 28.1 Å². The summed E-state index contributed by atoms with van der Waals surface area (Å²) in [6.07, 6.45) is -3.72. The molecule has 0 fully saturated rings. The minimum atomic E-state index is -4.48. The monoisotopic (exact) mass is 527 g/mol. The van der Waals surface area contributed by atoms with E-state index in [-0.39, 0.29) is 16.4 Å². The second-order valence-electron chi connectivity index (χ2n) is 9.44. The van der Waals surface area contributed by atoms with Crippen LogP contribution in [0.4, 0.5) is 13.2 Å². The first-order valence-corrected chi connectivity index (χ1v) is 12.7. The maximum absolute atomic E-state index is 12.9. The van der Waals surface area contributed by atoms with Crippen molar-refractivity contribution >= 4 is 10.0 Å². The third-order valence-corrected chi connectivity index (χ3v) is 6.82. The first-order chi connectivity index (χ1) is 17.2. The van der Waals surface area contributed by atoms with Crippen LogP contribution in [-0.4, -0.2) is 33.9 Å². The summed E-state index contributed by atoms with van der Waals surface area (Å²) in [7, 11) is -3.74. The highest BCUT2D eigenvalue weighted by atomic mass is 32.2. The second kappa shape index (κ2) is 9.64. The Bertz CT molecular complexity index is 1550. The third-order valence-electron chi connectivity index (χ3n) is 5.07. The number of nitrogens with one attached hydrogen (secondary N) is 1. The van der Waals surface area contributed by atoms with Gasteiger partial charge in [-0.3, -0.25) is 4.98 Å². The number of nitrogens with zero attached hydrogens (tertiary/aromatic N) is 4. The van der Waals surface area contributed by atoms with Crippen LogP contribution >= 0.6 is 0 Å². The Morgan fingerprint density at radius 2 is 1.49 bits per heavy atom. The average Bonchev–Trinajstić information content (AvgIpc) is 2.82. The number of aromatic nitrogens is 4. The summed E-state index contributed by atoms with van der Waals surface area (Å²) < 4.78 is 66.9. The van der Waals surface area contributed by atoms with E-state index in [0.717, 1.165) is 12.3 Å². The van der Waals surface area contributed by atoms with Crippen molar-refractivity contribution in [1.29, 1.82) is 0 Å². The van der Waals surface area contributed by atoms with E-state index < -0.39 is 27.3 Å². The van der Waals surface area contributed by atoms with Crippen LogP contribution in [0.3, 0.4) is 0 Å². The molecule has 0 bridgehead atoms. The maximum atomic E-state index is 12.9. The molecule has 0 radical (unpaired) electrons. The molecule has 0 spiro atoms. The summed E-state index contributed by atoms with van der Waals surface area (Å²) >= 11 is 0. The van der Waals surface area contributed by atoms with E-state index >= 15 is 0 Å². The Balaban J connectivity index is 1.70. The van der Waals surface area contributed by atoms with Crippen molar-refractivity contribution in [1.82, 2.24) is 24.7 Å². The molecule has 0 saturated heterocycles. The predicted octanol–water partition coefficient (Wildman–Crippen LogP) is 5.67. The topological polar surface area (TPSA) is 97.7 Å². The fourth-order valence-electron chi connectivity index (χ4n) is 3.53. The van der Waals surface area contributed by atoms with Gasteiger partial charge in [-0.05, 0) is 70.2 Å². The van der Waals surface area contributed by atoms with Crippen LogP contribution in [0.15, 0.2) is 71.8 Å². The zero-order valence-corrected chi connectivity index (χ0v) is 21.3. The van der Waals surface area contributed by atoms with Crippen LogP contribution in [0, 0.1) is 6.92 Å². The molecule has 192 valence electrons. The lowest BCUT2D eigenvalue weighted by molar-refractivity contribution is -0.137. The molecule has 0 aliphatic rings. The van der Waals surface area contributed by atoms with E-state index in [1.807, 2.05) is 0 Å². The summed E-state index contributed by atoms with van der Waals surface area (Å²) in [5, 5.41) is 0. The molecule has 1 N–H and O–H groups in total. The summed E-state index contributed by atoms with van der Waals surface area (Å²) in [6.45, 7) is 7.01. The average molecular weight is 528 g/mol. The van der Waals surface area contributed by atoms with Crippen LogP contribution in [0.5, 0.6) is 0 Å². The Kier molecular flexibility index (Phi) is 6.87. The highest BCUT2D eigenvalue weighted by Gasteiger charge is 2.30. The van der Waals surface area contributed by atoms with E-state index in [2.05, 4.69) is 24.7 Å². The van der Waals surface area contributed by atoms with Gasteiger partial charge in [0.25, 0.3) is 0 Å². The highest BCUT2D eigenvalue weighted by Crippen LogP contribution is 2.30. The molecule has 11 heteroatoms. The molecule has 0 aliphatic carbocycles. The lowest BCUT2D eigenvalue weighted by Gasteiger charge is -2.20. The van der Waals surface area contributed by atoms with Crippen LogP contribution in [0.25, 0.3) is 34.2 Å². The van der Waals surface area contributed by atoms with Gasteiger partial charge in [-0.15, -0.1) is 0 Å². The van der Waals surface area contributed by atoms with Crippen molar-refractivity contribution in [2.24, 2.45) is 0 Å². The van der Waals surface area contributed by atoms with Crippen molar-refractivity contribution in [3.05, 3.63) is 78.1 Å². The SMILES string of the molecule is Cc1cc(-c2ccc(C(F)(F)F)cn2)nc(-c2cccc(-c3cccc(S(=O)(=O)NC(C)(C)C)c3)n2)n1. The Labute approximate surface area is 212 Å². The summed E-state index contributed by atoms with van der Waals surface area (Å²) in [5.41, 5.74) is 1.20. The minimum Gasteiger partial charge on any atom is -0.254 e. The molecule has 0 saturated carbocycles. The smallest absolute Gasteiger partial charge is 0.254 e. The summed E-state index contributed by atoms with van der Waals surface area (Å²) in [5.74, 6) is 0.261. The highest BCUT2D eigenvalue weighted by molar-refractivity contribution is 7.89. The molecule has 0 aliphatic heterocycles. The van der Waals surface area contributed by atoms with Gasteiger partial charge in [0.2, 0.25) is 10.0 Å². The first-order valence-electron chi connectivity index (χ1n) is 11.2. The minimum absolute atomic E-state index is 0.106. The molecule has 0 unspecified atom stereocenters. The van der Waals surface area contributed by atoms with E-state index in [1.165, 1.54) is 18.2 Å². The normalized spacial score (nSPS) is 12.5. The van der Waals surface area contributed by atoms with Gasteiger partial charge in [0, 0.05) is 23.0 Å². The quantitative estimate of drug-likeness (QED) is 0.359. The van der Waals surface area contributed by atoms with Crippen molar-refractivity contribution in [2.75, 3.05) is 0 Å². The van der Waals surface area contributed by atoms with Crippen molar-refractivity contribution in [3.8, 4) is 34.2 Å². The molecule has 3 heterocycles. The van der Waals surface area contributed by atoms with Gasteiger partial charge in [0.05, 0.1) is 27.5 Å². The number of halogens is 3. The number of benzene rings is 1. The number of alkyl halides is 3. The molecular weight excluding hydrogens is 503 g/mol. The summed E-state index contributed by atoms with van der Waals surface area (Å²) in [4.78, 5) is 17.6. The van der Waals surface area contributed by atoms with Crippen molar-refractivity contribution in [2.45, 2.75) is 44.3 Å². The largest absolute Gasteiger partial charge is 0.417 e. The lowest BCUT2D eigenvalue weighted by Crippen LogP contribution is -2.40. The molecule has 7 nitrogen and oxygen atoms in total. The second-order valence-corrected chi connectivity index (χ2v) is 11.1. The van der Waals surface area contributed by atoms with Gasteiger partial charge in [0.1, 0.15) is 5.69 Å². The predicted molar refractivity (Wildman–Crippen MR) is 134 cm³/mol. The molecule has 1 aromatic carbocycles. The molecule has 0 atom stereocenters. The molecule has 3 aromatic heterocycles. The molecule has 37 heavy (non-hydrogen) atoms. The number of rotatable bonds is 5. The van der Waals surface area contributed by atoms with Gasteiger partial charge in [-0.2, -0.15) is 13.2 Å². The number of sulfonamides is 1. The van der Waals surface area contributed by atoms with Crippen LogP contribution in [-0.2, 0) is 16.2 Å². The Hall–Kier alpha value is -3.70. The number of hydrogen-bond donors (Lipinski definition) is 1. The van der Waals surface area contributed by atoms with E-state index in [4.69, 9.17) is 0 Å². The van der Waals surface area contributed by atoms with Crippen molar-refractivity contribution in [3.63, 3.8) is 0 Å². The fraction of sp³-hybridized carbons (Fsp3) is 0.231. The fourth-order valence-corrected chi connectivity index (χ4v) is 5.00. The van der Waals surface area contributed by atoms with Crippen LogP contribution < -0.4 is 4.72 Å². The van der Waals surface area contributed by atoms with E-state index in [0.29, 0.717) is 28.3 Å². The number of hydrogen-bond acceptors (Lipinski definition) is 6. The molecule has 4 aromatic rings. The summed E-state index contributed by atoms with van der Waals surface area (Å²) in [6, 6.07) is 15.4. The van der Waals surface area contributed by atoms with Gasteiger partial charge in [0.15, 0.2) is 5.82 Å². The Morgan fingerprint density at radius 1 is 0.784 bits per heavy atom. The van der Waals surface area contributed by atoms with Gasteiger partial charge in [-0.1, -0.05) is 18.2 Å². The Morgan fingerprint density at radius 3 is 2.14 bits per heavy atom. The van der Waals surface area contributed by atoms with Gasteiger partial charge >= 0.3 is 6.18 Å². The first kappa shape index (κ1) is 26.4. The van der Waals surface area contributed by atoms with Gasteiger partial charge < -0.3 is 0 Å². The van der Waals surface area contributed by atoms with Crippen molar-refractivity contribution < 1.29 is 21.6 Å². The molecule has 0 amide bonds. The number of pyridine rings is 2. The molecular formula is C26H24F3N5O2S. The maximum Gasteiger partial charge on any atom is 0.417 e. The van der Waals surface area contributed by atoms with Crippen LogP contribution in [0.1, 0.15) is 32.0 Å². The third kappa shape index (κ3) is 6.36.